The standard InChI is InChI=1S/C11H21NO5S2/c1-12(9-11(13)5-2-3-6-11)19(16,17)10-4-7-18(14,15)8-10/h10,13H,2-9H2,1H3. The van der Waals surface area contributed by atoms with Gasteiger partial charge in [0.1, 0.15) is 0 Å². The van der Waals surface area contributed by atoms with Crippen molar-refractivity contribution < 1.29 is 21.9 Å². The molecular formula is C11H21NO5S2. The van der Waals surface area contributed by atoms with Gasteiger partial charge >= 0.3 is 0 Å². The van der Waals surface area contributed by atoms with Crippen molar-refractivity contribution in [2.24, 2.45) is 0 Å². The first-order valence-electron chi connectivity index (χ1n) is 6.53. The maximum Gasteiger partial charge on any atom is 0.217 e. The van der Waals surface area contributed by atoms with Crippen LogP contribution < -0.4 is 0 Å². The third-order valence-electron chi connectivity index (χ3n) is 4.10. The van der Waals surface area contributed by atoms with Gasteiger partial charge in [-0.15, -0.1) is 0 Å². The monoisotopic (exact) mass is 311 g/mol. The van der Waals surface area contributed by atoms with Crippen LogP contribution in [0.25, 0.3) is 0 Å². The van der Waals surface area contributed by atoms with Gasteiger partial charge in [-0.1, -0.05) is 12.8 Å². The summed E-state index contributed by atoms with van der Waals surface area (Å²) >= 11 is 0. The third kappa shape index (κ3) is 3.29. The molecular weight excluding hydrogens is 290 g/mol. The topological polar surface area (TPSA) is 91.8 Å². The highest BCUT2D eigenvalue weighted by atomic mass is 32.2. The minimum Gasteiger partial charge on any atom is -0.389 e. The average Bonchev–Trinajstić information content (AvgIpc) is 2.85. The second-order valence-electron chi connectivity index (χ2n) is 5.76. The maximum absolute atomic E-state index is 12.3. The Hall–Kier alpha value is -0.180. The molecule has 112 valence electrons. The third-order valence-corrected chi connectivity index (χ3v) is 8.32. The molecule has 1 atom stereocenters. The Morgan fingerprint density at radius 3 is 2.37 bits per heavy atom. The highest BCUT2D eigenvalue weighted by molar-refractivity contribution is 7.95. The molecule has 1 saturated carbocycles. The lowest BCUT2D eigenvalue weighted by atomic mass is 10.0. The van der Waals surface area contributed by atoms with Gasteiger partial charge in [0.05, 0.1) is 22.4 Å². The Labute approximate surface area is 114 Å². The minimum absolute atomic E-state index is 0.0605. The van der Waals surface area contributed by atoms with Crippen LogP contribution in [-0.2, 0) is 19.9 Å². The SMILES string of the molecule is CN(CC1(O)CCCC1)S(=O)(=O)C1CCS(=O)(=O)C1. The summed E-state index contributed by atoms with van der Waals surface area (Å²) < 4.78 is 48.5. The molecule has 0 radical (unpaired) electrons. The average molecular weight is 311 g/mol. The van der Waals surface area contributed by atoms with E-state index in [1.165, 1.54) is 7.05 Å². The van der Waals surface area contributed by atoms with E-state index in [1.807, 2.05) is 0 Å². The van der Waals surface area contributed by atoms with Crippen LogP contribution in [0.2, 0.25) is 0 Å². The summed E-state index contributed by atoms with van der Waals surface area (Å²) in [4.78, 5) is 0. The Morgan fingerprint density at radius 1 is 1.32 bits per heavy atom. The van der Waals surface area contributed by atoms with Crippen LogP contribution in [0.15, 0.2) is 0 Å². The molecule has 1 saturated heterocycles. The van der Waals surface area contributed by atoms with Crippen LogP contribution >= 0.6 is 0 Å². The number of likely N-dealkylation sites (N-methyl/N-ethyl adjacent to an activating group) is 1. The Bertz CT molecular complexity index is 533. The van der Waals surface area contributed by atoms with Crippen molar-refractivity contribution in [1.29, 1.82) is 0 Å². The quantitative estimate of drug-likeness (QED) is 0.772. The van der Waals surface area contributed by atoms with Crippen molar-refractivity contribution >= 4 is 19.9 Å². The molecule has 1 aliphatic heterocycles. The van der Waals surface area contributed by atoms with Crippen molar-refractivity contribution in [1.82, 2.24) is 4.31 Å². The second-order valence-corrected chi connectivity index (χ2v) is 10.3. The predicted octanol–water partition coefficient (Wildman–Crippen LogP) is -0.260. The van der Waals surface area contributed by atoms with Crippen LogP contribution in [0.3, 0.4) is 0 Å². The molecule has 0 aromatic rings. The normalized spacial score (nSPS) is 29.9. The first-order chi connectivity index (χ1) is 8.65. The summed E-state index contributed by atoms with van der Waals surface area (Å²) in [5, 5.41) is 9.39. The second kappa shape index (κ2) is 4.98. The zero-order valence-corrected chi connectivity index (χ0v) is 12.7. The van der Waals surface area contributed by atoms with E-state index in [4.69, 9.17) is 0 Å². The summed E-state index contributed by atoms with van der Waals surface area (Å²) in [6.45, 7) is 0.0614. The lowest BCUT2D eigenvalue weighted by molar-refractivity contribution is 0.0332. The molecule has 0 aromatic heterocycles. The van der Waals surface area contributed by atoms with Gasteiger partial charge in [0.2, 0.25) is 10.0 Å². The van der Waals surface area contributed by atoms with E-state index in [0.29, 0.717) is 12.8 Å². The number of hydrogen-bond donors (Lipinski definition) is 1. The number of aliphatic hydroxyl groups is 1. The highest BCUT2D eigenvalue weighted by Crippen LogP contribution is 2.31. The van der Waals surface area contributed by atoms with E-state index in [0.717, 1.165) is 17.1 Å². The van der Waals surface area contributed by atoms with E-state index >= 15 is 0 Å². The number of hydrogen-bond acceptors (Lipinski definition) is 5. The van der Waals surface area contributed by atoms with E-state index in [-0.39, 0.29) is 24.5 Å². The predicted molar refractivity (Wildman–Crippen MR) is 72.0 cm³/mol. The Kier molecular flexibility index (Phi) is 3.99. The fourth-order valence-corrected chi connectivity index (χ4v) is 7.29. The van der Waals surface area contributed by atoms with Crippen molar-refractivity contribution in [2.45, 2.75) is 43.0 Å². The molecule has 0 spiro atoms. The molecule has 1 N–H and O–H groups in total. The molecule has 0 bridgehead atoms. The first kappa shape index (κ1) is 15.2. The van der Waals surface area contributed by atoms with Gasteiger partial charge in [0.25, 0.3) is 0 Å². The van der Waals surface area contributed by atoms with Gasteiger partial charge in [-0.2, -0.15) is 0 Å². The lowest BCUT2D eigenvalue weighted by Crippen LogP contribution is -2.45. The van der Waals surface area contributed by atoms with Crippen LogP contribution in [0, 0.1) is 0 Å². The largest absolute Gasteiger partial charge is 0.389 e. The number of sulfonamides is 1. The number of sulfone groups is 1. The summed E-state index contributed by atoms with van der Waals surface area (Å²) in [6, 6.07) is 0. The van der Waals surface area contributed by atoms with E-state index in [1.54, 1.807) is 0 Å². The van der Waals surface area contributed by atoms with E-state index < -0.39 is 30.7 Å². The maximum atomic E-state index is 12.3. The molecule has 1 heterocycles. The minimum atomic E-state index is -3.64. The van der Waals surface area contributed by atoms with Crippen molar-refractivity contribution in [3.63, 3.8) is 0 Å². The van der Waals surface area contributed by atoms with Crippen molar-refractivity contribution in [3.8, 4) is 0 Å². The van der Waals surface area contributed by atoms with Gasteiger partial charge in [-0.25, -0.2) is 21.1 Å². The molecule has 0 amide bonds. The van der Waals surface area contributed by atoms with Crippen molar-refractivity contribution in [3.05, 3.63) is 0 Å². The molecule has 6 nitrogen and oxygen atoms in total. The van der Waals surface area contributed by atoms with E-state index in [2.05, 4.69) is 0 Å². The Balaban J connectivity index is 2.07. The molecule has 8 heteroatoms. The van der Waals surface area contributed by atoms with Crippen LogP contribution in [0.5, 0.6) is 0 Å². The summed E-state index contributed by atoms with van der Waals surface area (Å²) in [5.74, 6) is -0.354. The molecule has 19 heavy (non-hydrogen) atoms. The van der Waals surface area contributed by atoms with Crippen LogP contribution in [-0.4, -0.2) is 62.2 Å². The summed E-state index contributed by atoms with van der Waals surface area (Å²) in [6.07, 6.45) is 3.18. The molecule has 2 fully saturated rings. The van der Waals surface area contributed by atoms with Gasteiger partial charge < -0.3 is 5.11 Å². The number of nitrogens with zero attached hydrogens (tertiary/aromatic N) is 1. The highest BCUT2D eigenvalue weighted by Gasteiger charge is 2.42. The molecule has 2 aliphatic rings. The van der Waals surface area contributed by atoms with E-state index in [9.17, 15) is 21.9 Å². The Morgan fingerprint density at radius 2 is 1.89 bits per heavy atom. The van der Waals surface area contributed by atoms with Gasteiger partial charge in [0.15, 0.2) is 9.84 Å². The van der Waals surface area contributed by atoms with Gasteiger partial charge in [-0.05, 0) is 19.3 Å². The van der Waals surface area contributed by atoms with Crippen LogP contribution in [0.4, 0.5) is 0 Å². The summed E-state index contributed by atoms with van der Waals surface area (Å²) in [5.41, 5.74) is -0.945. The zero-order valence-electron chi connectivity index (χ0n) is 11.1. The molecule has 0 aromatic carbocycles. The van der Waals surface area contributed by atoms with Gasteiger partial charge in [-0.3, -0.25) is 0 Å². The van der Waals surface area contributed by atoms with Crippen molar-refractivity contribution in [2.75, 3.05) is 25.1 Å². The summed E-state index contributed by atoms with van der Waals surface area (Å²) in [7, 11) is -5.44. The fraction of sp³-hybridized carbons (Fsp3) is 1.00. The molecule has 2 rings (SSSR count). The number of rotatable bonds is 4. The molecule has 1 aliphatic carbocycles. The van der Waals surface area contributed by atoms with Gasteiger partial charge in [0, 0.05) is 13.6 Å². The smallest absolute Gasteiger partial charge is 0.217 e. The fourth-order valence-electron chi connectivity index (χ4n) is 2.95. The molecule has 1 unspecified atom stereocenters. The van der Waals surface area contributed by atoms with Crippen LogP contribution in [0.1, 0.15) is 32.1 Å². The first-order valence-corrected chi connectivity index (χ1v) is 9.85. The zero-order chi connectivity index (χ0) is 14.3. The lowest BCUT2D eigenvalue weighted by Gasteiger charge is -2.29.